The maximum absolute atomic E-state index is 14.7. The second kappa shape index (κ2) is 16.7. The fraction of sp³-hybridized carbons (Fsp3) is 0.674. The molecule has 1 N–H and O–H groups in total. The highest BCUT2D eigenvalue weighted by Gasteiger charge is 2.62. The Morgan fingerprint density at radius 2 is 1.62 bits per heavy atom. The molecular weight excluding hydrogens is 713 g/mol. The highest BCUT2D eigenvalue weighted by atomic mass is 16.5. The number of carbonyl (C=O) groups excluding carboxylic acids is 5. The van der Waals surface area contributed by atoms with Gasteiger partial charge < -0.3 is 29.5 Å². The predicted octanol–water partition coefficient (Wildman–Crippen LogP) is 4.15. The summed E-state index contributed by atoms with van der Waals surface area (Å²) in [6.45, 7) is 11.0. The van der Waals surface area contributed by atoms with Gasteiger partial charge in [0.25, 0.3) is 5.91 Å². The number of esters is 1. The SMILES string of the molecule is CCOC(=O)[C@@H]1CCCN(C(=O)[C@@H](NC(=O)[C@@H]2CN(C(=O)c3cnn(Cc4ccccc4)c3)CC23CN(C(=O)[C@H]2CC2(C)C)C3)[C@@H](C)OCC2CCCCC2)C1. The lowest BCUT2D eigenvalue weighted by atomic mass is 9.70. The molecule has 0 radical (unpaired) electrons. The molecule has 2 aliphatic carbocycles. The van der Waals surface area contributed by atoms with Gasteiger partial charge in [-0.25, -0.2) is 0 Å². The number of hydrogen-bond acceptors (Lipinski definition) is 8. The van der Waals surface area contributed by atoms with Gasteiger partial charge in [-0.3, -0.25) is 28.7 Å². The molecule has 2 saturated carbocycles. The largest absolute Gasteiger partial charge is 0.466 e. The van der Waals surface area contributed by atoms with Gasteiger partial charge in [-0.15, -0.1) is 0 Å². The molecule has 13 nitrogen and oxygen atoms in total. The van der Waals surface area contributed by atoms with Crippen molar-refractivity contribution < 1.29 is 33.4 Å². The highest BCUT2D eigenvalue weighted by molar-refractivity contribution is 5.96. The normalized spacial score (nSPS) is 25.3. The molecular formula is C43H60N6O7. The van der Waals surface area contributed by atoms with Crippen molar-refractivity contribution in [3.63, 3.8) is 0 Å². The molecule has 56 heavy (non-hydrogen) atoms. The zero-order valence-corrected chi connectivity index (χ0v) is 33.6. The van der Waals surface area contributed by atoms with Crippen molar-refractivity contribution in [2.45, 2.75) is 97.8 Å². The molecule has 3 aliphatic heterocycles. The van der Waals surface area contributed by atoms with Gasteiger partial charge in [-0.1, -0.05) is 63.4 Å². The van der Waals surface area contributed by atoms with Crippen LogP contribution in [0.25, 0.3) is 0 Å². The van der Waals surface area contributed by atoms with Crippen molar-refractivity contribution in [2.75, 3.05) is 52.5 Å². The Morgan fingerprint density at radius 3 is 2.32 bits per heavy atom. The van der Waals surface area contributed by atoms with Crippen molar-refractivity contribution in [3.05, 3.63) is 53.9 Å². The van der Waals surface area contributed by atoms with E-state index >= 15 is 0 Å². The van der Waals surface area contributed by atoms with Crippen LogP contribution in [0.4, 0.5) is 0 Å². The molecule has 1 aromatic heterocycles. The molecule has 304 valence electrons. The van der Waals surface area contributed by atoms with Crippen LogP contribution in [0.15, 0.2) is 42.7 Å². The van der Waals surface area contributed by atoms with Crippen LogP contribution in [0.3, 0.4) is 0 Å². The summed E-state index contributed by atoms with van der Waals surface area (Å²) in [5, 5.41) is 7.59. The average Bonchev–Trinajstić information content (AvgIpc) is 3.48. The van der Waals surface area contributed by atoms with E-state index in [0.29, 0.717) is 63.7 Å². The molecule has 3 saturated heterocycles. The number of nitrogens with one attached hydrogen (secondary N) is 1. The second-order valence-corrected chi connectivity index (χ2v) is 17.9. The number of nitrogens with zero attached hydrogens (tertiary/aromatic N) is 5. The number of benzene rings is 1. The van der Waals surface area contributed by atoms with Crippen molar-refractivity contribution >= 4 is 29.6 Å². The van der Waals surface area contributed by atoms with Crippen LogP contribution in [-0.2, 0) is 35.2 Å². The van der Waals surface area contributed by atoms with E-state index in [-0.39, 0.29) is 60.6 Å². The third kappa shape index (κ3) is 8.67. The number of rotatable bonds is 13. The van der Waals surface area contributed by atoms with Crippen molar-refractivity contribution in [1.29, 1.82) is 0 Å². The Hall–Kier alpha value is -4.26. The molecule has 0 unspecified atom stereocenters. The maximum atomic E-state index is 14.7. The van der Waals surface area contributed by atoms with Gasteiger partial charge in [0.1, 0.15) is 6.04 Å². The standard InChI is InChI=1S/C43H60N6O7/c1-5-55-41(54)32-17-12-18-46(22-32)40(53)36(29(2)56-25-31-15-10-7-11-16-31)45-37(50)35-24-47(26-43(35)27-48(28-43)39(52)34-19-42(34,3)4)38(51)33-20-44-49(23-33)21-30-13-8-6-9-14-30/h6,8-9,13-14,20,23,29,31-32,34-36H,5,7,10-12,15-19,21-22,24-28H2,1-4H3,(H,45,50)/t29-,32-,34-,35+,36+/m1/s1. The zero-order chi connectivity index (χ0) is 39.6. The smallest absolute Gasteiger partial charge is 0.310 e. The lowest BCUT2D eigenvalue weighted by molar-refractivity contribution is -0.154. The van der Waals surface area contributed by atoms with Gasteiger partial charge >= 0.3 is 5.97 Å². The number of carbonyl (C=O) groups is 5. The van der Waals surface area contributed by atoms with Crippen LogP contribution >= 0.6 is 0 Å². The monoisotopic (exact) mass is 772 g/mol. The Bertz CT molecular complexity index is 1750. The van der Waals surface area contributed by atoms with E-state index in [2.05, 4.69) is 24.3 Å². The number of piperidine rings is 1. The van der Waals surface area contributed by atoms with E-state index in [4.69, 9.17) is 9.47 Å². The maximum Gasteiger partial charge on any atom is 0.310 e. The Kier molecular flexibility index (Phi) is 11.9. The van der Waals surface area contributed by atoms with Gasteiger partial charge in [0, 0.05) is 63.4 Å². The molecule has 4 heterocycles. The van der Waals surface area contributed by atoms with Gasteiger partial charge in [0.15, 0.2) is 0 Å². The van der Waals surface area contributed by atoms with Gasteiger partial charge in [0.2, 0.25) is 17.7 Å². The summed E-state index contributed by atoms with van der Waals surface area (Å²) in [7, 11) is 0. The fourth-order valence-corrected chi connectivity index (χ4v) is 9.50. The molecule has 5 atom stereocenters. The first kappa shape index (κ1) is 40.0. The predicted molar refractivity (Wildman–Crippen MR) is 208 cm³/mol. The third-order valence-electron chi connectivity index (χ3n) is 13.2. The lowest BCUT2D eigenvalue weighted by Gasteiger charge is -2.50. The Balaban J connectivity index is 1.10. The van der Waals surface area contributed by atoms with Crippen molar-refractivity contribution in [1.82, 2.24) is 29.8 Å². The van der Waals surface area contributed by atoms with Crippen LogP contribution in [0, 0.1) is 34.5 Å². The number of ether oxygens (including phenoxy) is 2. The molecule has 1 aromatic carbocycles. The van der Waals surface area contributed by atoms with Gasteiger partial charge in [0.05, 0.1) is 42.9 Å². The third-order valence-corrected chi connectivity index (χ3v) is 13.2. The van der Waals surface area contributed by atoms with E-state index in [0.717, 1.165) is 37.7 Å². The van der Waals surface area contributed by atoms with E-state index in [1.807, 2.05) is 42.2 Å². The molecule has 5 fully saturated rings. The minimum absolute atomic E-state index is 0.0315. The van der Waals surface area contributed by atoms with Crippen molar-refractivity contribution in [3.8, 4) is 0 Å². The van der Waals surface area contributed by atoms with Crippen LogP contribution in [-0.4, -0.2) is 119 Å². The van der Waals surface area contributed by atoms with Crippen LogP contribution < -0.4 is 5.32 Å². The summed E-state index contributed by atoms with van der Waals surface area (Å²) in [5.74, 6) is -1.75. The topological polar surface area (TPSA) is 143 Å². The Morgan fingerprint density at radius 1 is 0.911 bits per heavy atom. The molecule has 2 aromatic rings. The van der Waals surface area contributed by atoms with E-state index in [1.165, 1.54) is 6.42 Å². The minimum atomic E-state index is -0.991. The first-order chi connectivity index (χ1) is 26.9. The molecule has 0 bridgehead atoms. The van der Waals surface area contributed by atoms with Gasteiger partial charge in [-0.2, -0.15) is 5.10 Å². The summed E-state index contributed by atoms with van der Waals surface area (Å²) in [6, 6.07) is 8.90. The highest BCUT2D eigenvalue weighted by Crippen LogP contribution is 2.54. The summed E-state index contributed by atoms with van der Waals surface area (Å²) >= 11 is 0. The zero-order valence-electron chi connectivity index (χ0n) is 33.6. The molecule has 7 rings (SSSR count). The first-order valence-corrected chi connectivity index (χ1v) is 20.9. The summed E-state index contributed by atoms with van der Waals surface area (Å²) < 4.78 is 13.4. The number of aromatic nitrogens is 2. The van der Waals surface area contributed by atoms with E-state index < -0.39 is 29.4 Å². The summed E-state index contributed by atoms with van der Waals surface area (Å²) in [6.07, 6.45) is 10.5. The number of hydrogen-bond donors (Lipinski definition) is 1. The molecule has 1 spiro atoms. The summed E-state index contributed by atoms with van der Waals surface area (Å²) in [5.41, 5.74) is 0.805. The molecule has 5 aliphatic rings. The Labute approximate surface area is 330 Å². The van der Waals surface area contributed by atoms with Gasteiger partial charge in [-0.05, 0) is 62.8 Å². The minimum Gasteiger partial charge on any atom is -0.466 e. The van der Waals surface area contributed by atoms with Crippen molar-refractivity contribution in [2.24, 2.45) is 34.5 Å². The molecule has 13 heteroatoms. The van der Waals surface area contributed by atoms with Crippen LogP contribution in [0.5, 0.6) is 0 Å². The van der Waals surface area contributed by atoms with Crippen LogP contribution in [0.2, 0.25) is 0 Å². The second-order valence-electron chi connectivity index (χ2n) is 17.9. The summed E-state index contributed by atoms with van der Waals surface area (Å²) in [4.78, 5) is 74.6. The average molecular weight is 773 g/mol. The molecule has 4 amide bonds. The quantitative estimate of drug-likeness (QED) is 0.300. The van der Waals surface area contributed by atoms with E-state index in [1.54, 1.807) is 33.8 Å². The number of amides is 4. The van der Waals surface area contributed by atoms with Crippen LogP contribution in [0.1, 0.15) is 95.0 Å². The fourth-order valence-electron chi connectivity index (χ4n) is 9.50. The van der Waals surface area contributed by atoms with E-state index in [9.17, 15) is 24.0 Å². The lowest BCUT2D eigenvalue weighted by Crippen LogP contribution is -2.65. The number of likely N-dealkylation sites (tertiary alicyclic amines) is 3. The first-order valence-electron chi connectivity index (χ1n) is 20.9.